The van der Waals surface area contributed by atoms with Crippen LogP contribution in [0.4, 0.5) is 4.39 Å². The molecule has 0 spiro atoms. The fraction of sp³-hybridized carbons (Fsp3) is 0.250. The summed E-state index contributed by atoms with van der Waals surface area (Å²) in [5.74, 6) is 6.19. The summed E-state index contributed by atoms with van der Waals surface area (Å²) < 4.78 is 19.2. The minimum atomic E-state index is -0.214. The van der Waals surface area contributed by atoms with Crippen LogP contribution in [0, 0.1) is 5.82 Å². The molecule has 106 valence electrons. The Bertz CT molecular complexity index is 560. The average Bonchev–Trinajstić information content (AvgIpc) is 2.47. The Morgan fingerprint density at radius 3 is 2.70 bits per heavy atom. The molecule has 0 aromatic heterocycles. The van der Waals surface area contributed by atoms with Gasteiger partial charge in [-0.15, -0.1) is 0 Å². The molecule has 0 saturated heterocycles. The normalized spacial score (nSPS) is 12.2. The minimum absolute atomic E-state index is 0.160. The van der Waals surface area contributed by atoms with E-state index in [2.05, 4.69) is 5.43 Å². The van der Waals surface area contributed by atoms with Crippen LogP contribution in [0.2, 0.25) is 0 Å². The summed E-state index contributed by atoms with van der Waals surface area (Å²) in [6.45, 7) is 2.54. The molecule has 0 bridgehead atoms. The molecule has 2 aromatic carbocycles. The SMILES string of the molecule is CCOc1cccc(C(Cc2ccccc2F)NN)c1. The maximum atomic E-state index is 13.7. The Labute approximate surface area is 118 Å². The van der Waals surface area contributed by atoms with Crippen molar-refractivity contribution < 1.29 is 9.13 Å². The van der Waals surface area contributed by atoms with E-state index >= 15 is 0 Å². The Hall–Kier alpha value is -1.91. The van der Waals surface area contributed by atoms with Gasteiger partial charge in [-0.2, -0.15) is 0 Å². The molecule has 2 aromatic rings. The van der Waals surface area contributed by atoms with Crippen LogP contribution >= 0.6 is 0 Å². The number of nitrogens with two attached hydrogens (primary N) is 1. The zero-order valence-corrected chi connectivity index (χ0v) is 11.5. The third kappa shape index (κ3) is 3.56. The van der Waals surface area contributed by atoms with E-state index in [4.69, 9.17) is 10.6 Å². The maximum Gasteiger partial charge on any atom is 0.126 e. The Morgan fingerprint density at radius 1 is 1.20 bits per heavy atom. The van der Waals surface area contributed by atoms with Crippen LogP contribution in [0.5, 0.6) is 5.75 Å². The molecule has 0 saturated carbocycles. The first-order chi connectivity index (χ1) is 9.74. The molecule has 4 heteroatoms. The molecule has 2 rings (SSSR count). The summed E-state index contributed by atoms with van der Waals surface area (Å²) in [7, 11) is 0. The van der Waals surface area contributed by atoms with Gasteiger partial charge in [0.05, 0.1) is 12.6 Å². The molecule has 0 aliphatic heterocycles. The van der Waals surface area contributed by atoms with Gasteiger partial charge in [0.15, 0.2) is 0 Å². The number of halogens is 1. The van der Waals surface area contributed by atoms with Gasteiger partial charge in [-0.1, -0.05) is 30.3 Å². The number of ether oxygens (including phenoxy) is 1. The second-order valence-electron chi connectivity index (χ2n) is 4.52. The van der Waals surface area contributed by atoms with E-state index < -0.39 is 0 Å². The smallest absolute Gasteiger partial charge is 0.126 e. The van der Waals surface area contributed by atoms with E-state index in [1.807, 2.05) is 37.3 Å². The van der Waals surface area contributed by atoms with E-state index in [1.54, 1.807) is 12.1 Å². The van der Waals surface area contributed by atoms with Crippen LogP contribution in [-0.4, -0.2) is 6.61 Å². The third-order valence-electron chi connectivity index (χ3n) is 3.15. The monoisotopic (exact) mass is 274 g/mol. The first-order valence-corrected chi connectivity index (χ1v) is 6.67. The number of rotatable bonds is 6. The zero-order chi connectivity index (χ0) is 14.4. The van der Waals surface area contributed by atoms with Gasteiger partial charge in [-0.25, -0.2) is 4.39 Å². The number of hydrogen-bond donors (Lipinski definition) is 2. The van der Waals surface area contributed by atoms with Gasteiger partial charge in [-0.3, -0.25) is 11.3 Å². The number of hydrazine groups is 1. The van der Waals surface area contributed by atoms with E-state index in [9.17, 15) is 4.39 Å². The van der Waals surface area contributed by atoms with Crippen LogP contribution in [-0.2, 0) is 6.42 Å². The Morgan fingerprint density at radius 2 is 2.00 bits per heavy atom. The van der Waals surface area contributed by atoms with Gasteiger partial charge < -0.3 is 4.74 Å². The summed E-state index contributed by atoms with van der Waals surface area (Å²) >= 11 is 0. The molecule has 3 N–H and O–H groups in total. The van der Waals surface area contributed by atoms with E-state index in [0.29, 0.717) is 18.6 Å². The molecule has 0 heterocycles. The fourth-order valence-corrected chi connectivity index (χ4v) is 2.14. The van der Waals surface area contributed by atoms with Crippen LogP contribution in [0.15, 0.2) is 48.5 Å². The van der Waals surface area contributed by atoms with Crippen molar-refractivity contribution in [1.82, 2.24) is 5.43 Å². The second kappa shape index (κ2) is 7.03. The van der Waals surface area contributed by atoms with Crippen molar-refractivity contribution in [3.63, 3.8) is 0 Å². The fourth-order valence-electron chi connectivity index (χ4n) is 2.14. The number of nitrogens with one attached hydrogen (secondary N) is 1. The molecule has 3 nitrogen and oxygen atoms in total. The van der Waals surface area contributed by atoms with Crippen molar-refractivity contribution in [1.29, 1.82) is 0 Å². The summed E-state index contributed by atoms with van der Waals surface area (Å²) in [6, 6.07) is 14.2. The summed E-state index contributed by atoms with van der Waals surface area (Å²) in [4.78, 5) is 0. The van der Waals surface area contributed by atoms with Crippen molar-refractivity contribution >= 4 is 0 Å². The quantitative estimate of drug-likeness (QED) is 0.629. The standard InChI is InChI=1S/C16H19FN2O/c1-2-20-14-8-5-7-13(10-14)16(19-18)11-12-6-3-4-9-15(12)17/h3-10,16,19H,2,11,18H2,1H3. The van der Waals surface area contributed by atoms with Crippen LogP contribution < -0.4 is 16.0 Å². The zero-order valence-electron chi connectivity index (χ0n) is 11.5. The second-order valence-corrected chi connectivity index (χ2v) is 4.52. The van der Waals surface area contributed by atoms with Crippen molar-refractivity contribution in [3.8, 4) is 5.75 Å². The molecule has 0 fully saturated rings. The lowest BCUT2D eigenvalue weighted by Gasteiger charge is -2.17. The van der Waals surface area contributed by atoms with Crippen molar-refractivity contribution in [2.45, 2.75) is 19.4 Å². The average molecular weight is 274 g/mol. The van der Waals surface area contributed by atoms with Crippen LogP contribution in [0.3, 0.4) is 0 Å². The highest BCUT2D eigenvalue weighted by Crippen LogP contribution is 2.23. The topological polar surface area (TPSA) is 47.3 Å². The predicted octanol–water partition coefficient (Wildman–Crippen LogP) is 2.97. The van der Waals surface area contributed by atoms with E-state index in [-0.39, 0.29) is 11.9 Å². The molecule has 1 unspecified atom stereocenters. The van der Waals surface area contributed by atoms with Gasteiger partial charge in [0, 0.05) is 0 Å². The molecular weight excluding hydrogens is 255 g/mol. The summed E-state index contributed by atoms with van der Waals surface area (Å²) in [6.07, 6.45) is 0.485. The third-order valence-corrected chi connectivity index (χ3v) is 3.15. The van der Waals surface area contributed by atoms with Crippen LogP contribution in [0.1, 0.15) is 24.1 Å². The largest absolute Gasteiger partial charge is 0.494 e. The van der Waals surface area contributed by atoms with Gasteiger partial charge in [-0.05, 0) is 42.7 Å². The van der Waals surface area contributed by atoms with Crippen molar-refractivity contribution in [2.75, 3.05) is 6.61 Å². The predicted molar refractivity (Wildman–Crippen MR) is 77.8 cm³/mol. The highest BCUT2D eigenvalue weighted by Gasteiger charge is 2.13. The number of hydrogen-bond acceptors (Lipinski definition) is 3. The van der Waals surface area contributed by atoms with Gasteiger partial charge in [0.1, 0.15) is 11.6 Å². The minimum Gasteiger partial charge on any atom is -0.494 e. The molecule has 1 atom stereocenters. The van der Waals surface area contributed by atoms with Crippen LogP contribution in [0.25, 0.3) is 0 Å². The highest BCUT2D eigenvalue weighted by molar-refractivity contribution is 5.32. The van der Waals surface area contributed by atoms with E-state index in [0.717, 1.165) is 11.3 Å². The summed E-state index contributed by atoms with van der Waals surface area (Å²) in [5.41, 5.74) is 4.35. The van der Waals surface area contributed by atoms with Gasteiger partial charge in [0.25, 0.3) is 0 Å². The number of benzene rings is 2. The molecule has 0 radical (unpaired) electrons. The first-order valence-electron chi connectivity index (χ1n) is 6.67. The Kier molecular flexibility index (Phi) is 5.09. The van der Waals surface area contributed by atoms with Crippen molar-refractivity contribution in [2.24, 2.45) is 5.84 Å². The lowest BCUT2D eigenvalue weighted by atomic mass is 9.99. The first kappa shape index (κ1) is 14.5. The van der Waals surface area contributed by atoms with Gasteiger partial charge >= 0.3 is 0 Å². The molecule has 20 heavy (non-hydrogen) atoms. The maximum absolute atomic E-state index is 13.7. The molecular formula is C16H19FN2O. The lowest BCUT2D eigenvalue weighted by molar-refractivity contribution is 0.339. The highest BCUT2D eigenvalue weighted by atomic mass is 19.1. The summed E-state index contributed by atoms with van der Waals surface area (Å²) in [5, 5.41) is 0. The molecule has 0 aliphatic carbocycles. The molecule has 0 aliphatic rings. The Balaban J connectivity index is 2.20. The van der Waals surface area contributed by atoms with E-state index in [1.165, 1.54) is 6.07 Å². The molecule has 0 amide bonds. The van der Waals surface area contributed by atoms with Crippen molar-refractivity contribution in [3.05, 3.63) is 65.5 Å². The lowest BCUT2D eigenvalue weighted by Crippen LogP contribution is -2.29. The van der Waals surface area contributed by atoms with Gasteiger partial charge in [0.2, 0.25) is 0 Å².